The van der Waals surface area contributed by atoms with Gasteiger partial charge in [-0.2, -0.15) is 9.13 Å². The first kappa shape index (κ1) is 38.0. The highest BCUT2D eigenvalue weighted by molar-refractivity contribution is 6.14. The van der Waals surface area contributed by atoms with Crippen LogP contribution >= 0.6 is 0 Å². The normalized spacial score (nSPS) is 24.8. The predicted molar refractivity (Wildman–Crippen MR) is 216 cm³/mol. The van der Waals surface area contributed by atoms with E-state index >= 15 is 0 Å². The van der Waals surface area contributed by atoms with Gasteiger partial charge in [0.05, 0.1) is 77.0 Å². The number of carbonyl (C=O) groups is 3. The van der Waals surface area contributed by atoms with E-state index in [0.717, 1.165) is 62.2 Å². The molecule has 1 spiro atoms. The van der Waals surface area contributed by atoms with Gasteiger partial charge in [-0.05, 0) is 44.7 Å². The van der Waals surface area contributed by atoms with Crippen molar-refractivity contribution in [3.8, 4) is 0 Å². The van der Waals surface area contributed by atoms with E-state index in [1.165, 1.54) is 18.5 Å². The summed E-state index contributed by atoms with van der Waals surface area (Å²) in [4.78, 5) is 46.4. The first-order chi connectivity index (χ1) is 26.9. The van der Waals surface area contributed by atoms with E-state index in [4.69, 9.17) is 26.9 Å². The molecule has 14 heteroatoms. The Kier molecular flexibility index (Phi) is 9.44. The molecule has 2 aromatic heterocycles. The van der Waals surface area contributed by atoms with Crippen LogP contribution in [0.25, 0.3) is 23.8 Å². The molecule has 0 saturated carbocycles. The van der Waals surface area contributed by atoms with Crippen molar-refractivity contribution < 1.29 is 28.3 Å². The number of nitrogens with two attached hydrogens (primary N) is 3. The largest absolute Gasteiger partial charge is 0.552 e. The van der Waals surface area contributed by atoms with Crippen LogP contribution in [0.5, 0.6) is 0 Å². The number of nitrogens with one attached hydrogen (secondary N) is 2. The van der Waals surface area contributed by atoms with Crippen molar-refractivity contribution in [3.05, 3.63) is 55.7 Å². The Hall–Kier alpha value is -4.92. The molecule has 0 radical (unpaired) electrons. The van der Waals surface area contributed by atoms with E-state index in [0.29, 0.717) is 50.4 Å². The van der Waals surface area contributed by atoms with Crippen LogP contribution in [0.15, 0.2) is 16.4 Å². The van der Waals surface area contributed by atoms with Gasteiger partial charge in [-0.15, -0.1) is 0 Å². The van der Waals surface area contributed by atoms with Crippen LogP contribution in [0.2, 0.25) is 0 Å². The molecule has 8 heterocycles. The number of aromatic nitrogens is 2. The van der Waals surface area contributed by atoms with Gasteiger partial charge in [0.25, 0.3) is 5.91 Å². The molecule has 2 aromatic rings. The maximum absolute atomic E-state index is 14.6. The molecule has 14 nitrogen and oxygen atoms in total. The smallest absolute Gasteiger partial charge is 0.469 e. The number of hydrogen-bond acceptors (Lipinski definition) is 8. The van der Waals surface area contributed by atoms with Gasteiger partial charge in [0.15, 0.2) is 17.1 Å². The summed E-state index contributed by atoms with van der Waals surface area (Å²) >= 11 is 0. The van der Waals surface area contributed by atoms with Crippen molar-refractivity contribution in [2.75, 3.05) is 46.4 Å². The third kappa shape index (κ3) is 4.91. The highest BCUT2D eigenvalue weighted by Crippen LogP contribution is 2.56. The number of aliphatic imine (C=N–C) groups is 1. The van der Waals surface area contributed by atoms with Crippen molar-refractivity contribution >= 4 is 58.7 Å². The number of rotatable bonds is 14. The summed E-state index contributed by atoms with van der Waals surface area (Å²) in [6, 6.07) is 0. The third-order valence-electron chi connectivity index (χ3n) is 13.1. The minimum absolute atomic E-state index is 0.0503. The summed E-state index contributed by atoms with van der Waals surface area (Å²) in [6.45, 7) is 15.4. The van der Waals surface area contributed by atoms with Gasteiger partial charge in [0.1, 0.15) is 0 Å². The highest BCUT2D eigenvalue weighted by Gasteiger charge is 2.75. The fourth-order valence-electron chi connectivity index (χ4n) is 10.8. The van der Waals surface area contributed by atoms with Crippen LogP contribution in [0.4, 0.5) is 0 Å². The maximum atomic E-state index is 14.6. The minimum Gasteiger partial charge on any atom is -0.469 e. The van der Waals surface area contributed by atoms with Gasteiger partial charge in [-0.3, -0.25) is 19.4 Å². The maximum Gasteiger partial charge on any atom is 0.552 e. The Labute approximate surface area is 327 Å². The predicted octanol–water partition coefficient (Wildman–Crippen LogP) is 0.413. The van der Waals surface area contributed by atoms with E-state index in [2.05, 4.69) is 81.8 Å². The van der Waals surface area contributed by atoms with Crippen molar-refractivity contribution in [1.29, 1.82) is 0 Å². The molecular formula is C42H56N10O4+2. The number of amides is 2. The number of ether oxygens (including phenoxy) is 1. The molecule has 0 fully saturated rings. The Bertz CT molecular complexity index is 2400. The molecule has 1 unspecified atom stereocenters. The average molecular weight is 765 g/mol. The van der Waals surface area contributed by atoms with Gasteiger partial charge in [-0.25, -0.2) is 0 Å². The van der Waals surface area contributed by atoms with Gasteiger partial charge >= 0.3 is 11.9 Å². The summed E-state index contributed by atoms with van der Waals surface area (Å²) in [5.74, 6) is -1.60. The summed E-state index contributed by atoms with van der Waals surface area (Å²) in [5, 5.41) is 8.14. The van der Waals surface area contributed by atoms with Crippen molar-refractivity contribution in [2.45, 2.75) is 73.1 Å². The van der Waals surface area contributed by atoms with E-state index in [9.17, 15) is 14.4 Å². The summed E-state index contributed by atoms with van der Waals surface area (Å²) in [7, 11) is 1.40. The van der Waals surface area contributed by atoms with E-state index in [1.54, 1.807) is 0 Å². The van der Waals surface area contributed by atoms with Gasteiger partial charge in [0.2, 0.25) is 11.6 Å². The summed E-state index contributed by atoms with van der Waals surface area (Å²) < 4.78 is 15.2. The summed E-state index contributed by atoms with van der Waals surface area (Å²) in [6.07, 6.45) is 8.62. The number of hydrogen-bond donors (Lipinski definition) is 5. The molecule has 8 N–H and O–H groups in total. The molecule has 2 amide bonds. The Morgan fingerprint density at radius 1 is 0.893 bits per heavy atom. The highest BCUT2D eigenvalue weighted by atomic mass is 16.5. The number of nitrogens with zero attached hydrogens (tertiary/aromatic N) is 5. The topological polar surface area (TPSA) is 191 Å². The number of esters is 1. The van der Waals surface area contributed by atoms with Crippen molar-refractivity contribution in [1.82, 2.24) is 19.8 Å². The lowest BCUT2D eigenvalue weighted by atomic mass is 9.83. The van der Waals surface area contributed by atoms with Crippen LogP contribution in [-0.2, 0) is 20.2 Å². The van der Waals surface area contributed by atoms with E-state index < -0.39 is 11.9 Å². The zero-order valence-corrected chi connectivity index (χ0v) is 33.7. The number of methoxy groups -OCH3 is 1. The van der Waals surface area contributed by atoms with Crippen molar-refractivity contribution in [2.24, 2.45) is 45.9 Å². The Morgan fingerprint density at radius 2 is 1.57 bits per heavy atom. The van der Waals surface area contributed by atoms with E-state index in [1.807, 2.05) is 6.92 Å². The van der Waals surface area contributed by atoms with Crippen LogP contribution in [-0.4, -0.2) is 99.6 Å². The first-order valence-corrected chi connectivity index (χ1v) is 20.2. The molecule has 6 aliphatic rings. The van der Waals surface area contributed by atoms with Crippen LogP contribution in [0, 0.1) is 37.5 Å². The van der Waals surface area contributed by atoms with Crippen molar-refractivity contribution in [3.63, 3.8) is 0 Å². The lowest BCUT2D eigenvalue weighted by Gasteiger charge is -2.39. The molecule has 5 atom stereocenters. The molecule has 0 bridgehead atoms. The molecule has 296 valence electrons. The lowest BCUT2D eigenvalue weighted by Crippen LogP contribution is -2.70. The standard InChI is InChI=1S/C42H54N10O4/c1-8-26-21(2)29-20-34-37(25(6)46-14-11-43)23(4)31-18-30-22(3)27(9-10-35(53)47-15-12-44)39-28(17-36(54)56-7)40-38(41(55)48-16-13-45)24(5)32-19-33(26)49(29)42(50(31)34,51(30)39)52(32)40/h18-22,26-27H,8-17,43-45H2,1-7H3/p+2/t21-,22+,26-,27+,42?/m1/s1. The monoisotopic (exact) mass is 764 g/mol. The van der Waals surface area contributed by atoms with E-state index in [-0.39, 0.29) is 54.9 Å². The van der Waals surface area contributed by atoms with Gasteiger partial charge < -0.3 is 32.6 Å². The number of allylic oxidation sites excluding steroid dienone is 2. The van der Waals surface area contributed by atoms with Crippen LogP contribution < -0.4 is 38.5 Å². The minimum atomic E-state index is -1.06. The fourth-order valence-corrected chi connectivity index (χ4v) is 10.8. The molecule has 8 rings (SSSR count). The molecule has 56 heavy (non-hydrogen) atoms. The second kappa shape index (κ2) is 13.9. The number of carbonyl (C=O) groups excluding carboxylic acids is 3. The first-order valence-electron chi connectivity index (χ1n) is 20.2. The molecular weight excluding hydrogens is 709 g/mol. The second-order valence-corrected chi connectivity index (χ2v) is 15.9. The van der Waals surface area contributed by atoms with Gasteiger partial charge in [-0.1, -0.05) is 29.9 Å². The zero-order chi connectivity index (χ0) is 40.0. The zero-order valence-electron chi connectivity index (χ0n) is 33.7. The Morgan fingerprint density at radius 3 is 2.25 bits per heavy atom. The van der Waals surface area contributed by atoms with Crippen LogP contribution in [0.3, 0.4) is 0 Å². The molecule has 0 aliphatic carbocycles. The average Bonchev–Trinajstić information content (AvgIpc) is 3.85. The Balaban J connectivity index is 1.56. The lowest BCUT2D eigenvalue weighted by molar-refractivity contribution is -0.838. The van der Waals surface area contributed by atoms with Crippen LogP contribution in [0.1, 0.15) is 91.8 Å². The second-order valence-electron chi connectivity index (χ2n) is 15.9. The quantitative estimate of drug-likeness (QED) is 0.105. The SMILES string of the molecule is CC[C@H]1C2=Cc3c(C)c(C(=O)NCCN)c4n3C35n6c(c(C)c(C(C)=NCCN)c6=CC(=[N+]23)[C@@H]1C)=CC1=[N+]5C(=C4CC(=O)OC)[C@@H](CCC(=O)NCCN)[C@@H]1C. The molecule has 0 saturated heterocycles. The summed E-state index contributed by atoms with van der Waals surface area (Å²) in [5.41, 5.74) is 28.9. The molecule has 6 aliphatic heterocycles. The van der Waals surface area contributed by atoms with Gasteiger partial charge in [0, 0.05) is 68.6 Å². The molecule has 0 aromatic carbocycles. The third-order valence-corrected chi connectivity index (χ3v) is 13.1. The fraction of sp³-hybridized carbons (Fsp3) is 0.524.